The van der Waals surface area contributed by atoms with Gasteiger partial charge in [0.1, 0.15) is 0 Å². The molecule has 0 aliphatic heterocycles. The number of ether oxygens (including phenoxy) is 1. The second-order valence-corrected chi connectivity index (χ2v) is 6.33. The molecule has 0 aliphatic rings. The molecule has 0 aromatic carbocycles. The summed E-state index contributed by atoms with van der Waals surface area (Å²) >= 11 is 0. The van der Waals surface area contributed by atoms with Crippen molar-refractivity contribution in [2.75, 3.05) is 6.61 Å². The summed E-state index contributed by atoms with van der Waals surface area (Å²) in [6, 6.07) is 0. The molecule has 161 valence electrons. The van der Waals surface area contributed by atoms with E-state index < -0.39 is 23.6 Å². The van der Waals surface area contributed by atoms with E-state index in [-0.39, 0.29) is 23.7 Å². The van der Waals surface area contributed by atoms with Crippen LogP contribution in [0.15, 0.2) is 11.5 Å². The molecule has 0 fully saturated rings. The van der Waals surface area contributed by atoms with Crippen LogP contribution in [-0.4, -0.2) is 23.9 Å². The number of allylic oxidation sites excluding steroid dienone is 1. The van der Waals surface area contributed by atoms with Crippen molar-refractivity contribution in [3.05, 3.63) is 22.9 Å². The van der Waals surface area contributed by atoms with E-state index in [2.05, 4.69) is 16.5 Å². The van der Waals surface area contributed by atoms with Gasteiger partial charge in [0.2, 0.25) is 5.76 Å². The summed E-state index contributed by atoms with van der Waals surface area (Å²) in [4.78, 5) is 13.8. The maximum Gasteiger partial charge on any atom is 0.438 e. The molecule has 0 saturated carbocycles. The molecular weight excluding hydrogens is 411 g/mol. The van der Waals surface area contributed by atoms with Gasteiger partial charge in [0, 0.05) is 17.1 Å². The molecule has 27 heavy (non-hydrogen) atoms. The molecule has 8 heteroatoms. The Morgan fingerprint density at radius 2 is 1.33 bits per heavy atom. The van der Waals surface area contributed by atoms with E-state index in [0.717, 1.165) is 25.7 Å². The van der Waals surface area contributed by atoms with Crippen LogP contribution in [0.2, 0.25) is 0 Å². The molecule has 0 heterocycles. The van der Waals surface area contributed by atoms with Crippen molar-refractivity contribution >= 4 is 5.97 Å². The number of halogens is 3. The largest absolute Gasteiger partial charge is 0.515 e. The summed E-state index contributed by atoms with van der Waals surface area (Å²) < 4.78 is 41.5. The van der Waals surface area contributed by atoms with E-state index in [1.165, 1.54) is 44.9 Å². The van der Waals surface area contributed by atoms with Crippen LogP contribution < -0.4 is 0 Å². The van der Waals surface area contributed by atoms with Gasteiger partial charge in [0.15, 0.2) is 0 Å². The average Bonchev–Trinajstić information content (AvgIpc) is 2.58. The number of carbonyl (C=O) groups excluding carboxylic acids is 1. The number of aliphatic hydroxyl groups is 1. The van der Waals surface area contributed by atoms with Crippen LogP contribution in [0.1, 0.15) is 84.0 Å². The number of hydrogen-bond acceptors (Lipinski definition) is 3. The second kappa shape index (κ2) is 16.9. The molecule has 1 N–H and O–H groups in total. The summed E-state index contributed by atoms with van der Waals surface area (Å²) in [5.41, 5.74) is -1.42. The number of aliphatic hydroxyl groups excluding tert-OH is 1. The first kappa shape index (κ1) is 28.0. The molecule has 0 rings (SSSR count). The summed E-state index contributed by atoms with van der Waals surface area (Å²) in [6.45, 7) is 8.73. The van der Waals surface area contributed by atoms with E-state index in [1.54, 1.807) is 0 Å². The van der Waals surface area contributed by atoms with E-state index in [0.29, 0.717) is 6.42 Å². The molecule has 0 saturated heterocycles. The van der Waals surface area contributed by atoms with Gasteiger partial charge in [0.05, 0.1) is 13.2 Å². The van der Waals surface area contributed by atoms with Crippen molar-refractivity contribution in [3.63, 3.8) is 0 Å². The fourth-order valence-corrected chi connectivity index (χ4v) is 2.51. The molecule has 0 aromatic rings. The molecule has 4 nitrogen and oxygen atoms in total. The Kier molecular flexibility index (Phi) is 17.6. The molecule has 0 spiro atoms. The molecule has 0 aliphatic carbocycles. The minimum atomic E-state index is -5.13. The van der Waals surface area contributed by atoms with Crippen LogP contribution in [0.4, 0.5) is 13.2 Å². The summed E-state index contributed by atoms with van der Waals surface area (Å²) in [6.07, 6.45) is 8.41. The fraction of sp³-hybridized carbons (Fsp3) is 0.789. The van der Waals surface area contributed by atoms with Crippen LogP contribution in [0.5, 0.6) is 0 Å². The molecule has 1 radical (unpaired) electrons. The van der Waals surface area contributed by atoms with Crippen molar-refractivity contribution in [3.8, 4) is 0 Å². The van der Waals surface area contributed by atoms with Gasteiger partial charge in [-0.2, -0.15) is 13.2 Å². The van der Waals surface area contributed by atoms with Crippen LogP contribution in [0.25, 0.3) is 4.85 Å². The van der Waals surface area contributed by atoms with E-state index in [9.17, 15) is 18.0 Å². The van der Waals surface area contributed by atoms with Gasteiger partial charge < -0.3 is 9.84 Å². The Bertz CT molecular complexity index is 474. The first-order valence-corrected chi connectivity index (χ1v) is 9.39. The zero-order valence-corrected chi connectivity index (χ0v) is 16.8. The molecule has 0 unspecified atom stereocenters. The first-order valence-electron chi connectivity index (χ1n) is 9.39. The smallest absolute Gasteiger partial charge is 0.438 e. The molecule has 0 aromatic heterocycles. The average molecular weight is 441 g/mol. The molecule has 0 atom stereocenters. The van der Waals surface area contributed by atoms with Gasteiger partial charge in [-0.3, -0.25) is 4.79 Å². The predicted molar refractivity (Wildman–Crippen MR) is 94.3 cm³/mol. The minimum Gasteiger partial charge on any atom is -0.515 e. The number of esters is 1. The zero-order valence-electron chi connectivity index (χ0n) is 15.8. The van der Waals surface area contributed by atoms with Crippen LogP contribution in [-0.2, 0) is 26.6 Å². The SMILES string of the molecule is [C-]#[N+]/C(C(=O)OCCCCCCCCCCCCCC)=C(/O)C(F)(F)F.[Cu]. The number of nitrogens with zero attached hydrogens (tertiary/aromatic N) is 1. The van der Waals surface area contributed by atoms with Crippen molar-refractivity contribution in [2.45, 2.75) is 90.1 Å². The maximum atomic E-state index is 12.3. The normalized spacial score (nSPS) is 12.0. The van der Waals surface area contributed by atoms with Gasteiger partial charge in [-0.25, -0.2) is 4.85 Å². The number of unbranched alkanes of at least 4 members (excludes halogenated alkanes) is 11. The summed E-state index contributed by atoms with van der Waals surface area (Å²) in [5.74, 6) is -3.63. The summed E-state index contributed by atoms with van der Waals surface area (Å²) in [7, 11) is 0. The zero-order chi connectivity index (χ0) is 19.8. The topological polar surface area (TPSA) is 50.9 Å². The van der Waals surface area contributed by atoms with Crippen molar-refractivity contribution < 1.29 is 44.9 Å². The quantitative estimate of drug-likeness (QED) is 0.0839. The Labute approximate surface area is 170 Å². The number of hydrogen-bond donors (Lipinski definition) is 1. The van der Waals surface area contributed by atoms with Crippen molar-refractivity contribution in [1.82, 2.24) is 0 Å². The van der Waals surface area contributed by atoms with Gasteiger partial charge in [0.25, 0.3) is 0 Å². The second-order valence-electron chi connectivity index (χ2n) is 6.33. The maximum absolute atomic E-state index is 12.3. The minimum absolute atomic E-state index is 0. The molecular formula is C19H30CuF3NO3. The first-order chi connectivity index (χ1) is 12.3. The Morgan fingerprint density at radius 3 is 1.70 bits per heavy atom. The van der Waals surface area contributed by atoms with Gasteiger partial charge in [-0.15, -0.1) is 0 Å². The van der Waals surface area contributed by atoms with Gasteiger partial charge in [-0.1, -0.05) is 77.6 Å². The van der Waals surface area contributed by atoms with Crippen molar-refractivity contribution in [2.24, 2.45) is 0 Å². The standard InChI is InChI=1S/C19H30F3NO3.Cu/c1-3-4-5-6-7-8-9-10-11-12-13-14-15-26-18(25)16(23-2)17(24)19(20,21)22;/h24H,3-15H2,1H3;/b17-16+;. The Balaban J connectivity index is 0. The Hall–Kier alpha value is -1.19. The third kappa shape index (κ3) is 14.5. The van der Waals surface area contributed by atoms with E-state index in [4.69, 9.17) is 11.7 Å². The molecule has 0 amide bonds. The fourth-order valence-electron chi connectivity index (χ4n) is 2.51. The van der Waals surface area contributed by atoms with Crippen LogP contribution in [0.3, 0.4) is 0 Å². The van der Waals surface area contributed by atoms with Crippen LogP contribution in [0, 0.1) is 6.57 Å². The predicted octanol–water partition coefficient (Wildman–Crippen LogP) is 6.48. The monoisotopic (exact) mass is 440 g/mol. The third-order valence-corrected chi connectivity index (χ3v) is 4.03. The number of carbonyl (C=O) groups is 1. The van der Waals surface area contributed by atoms with E-state index >= 15 is 0 Å². The molecule has 0 bridgehead atoms. The Morgan fingerprint density at radius 1 is 0.926 bits per heavy atom. The van der Waals surface area contributed by atoms with Gasteiger partial charge >= 0.3 is 17.8 Å². The number of rotatable bonds is 14. The van der Waals surface area contributed by atoms with Crippen LogP contribution >= 0.6 is 0 Å². The van der Waals surface area contributed by atoms with E-state index in [1.807, 2.05) is 0 Å². The van der Waals surface area contributed by atoms with Gasteiger partial charge in [-0.05, 0) is 6.42 Å². The van der Waals surface area contributed by atoms with Crippen molar-refractivity contribution in [1.29, 1.82) is 0 Å². The number of alkyl halides is 3. The summed E-state index contributed by atoms with van der Waals surface area (Å²) in [5, 5.41) is 8.86. The third-order valence-electron chi connectivity index (χ3n) is 4.03.